The molecule has 0 saturated heterocycles. The summed E-state index contributed by atoms with van der Waals surface area (Å²) < 4.78 is 2.96. The Labute approximate surface area is 192 Å². The van der Waals surface area contributed by atoms with Crippen molar-refractivity contribution >= 4 is 22.5 Å². The van der Waals surface area contributed by atoms with Gasteiger partial charge < -0.3 is 5.32 Å². The summed E-state index contributed by atoms with van der Waals surface area (Å²) in [5, 5.41) is 12.9. The van der Waals surface area contributed by atoms with Gasteiger partial charge in [-0.15, -0.1) is 0 Å². The molecule has 1 saturated carbocycles. The van der Waals surface area contributed by atoms with Crippen LogP contribution < -0.4 is 10.9 Å². The summed E-state index contributed by atoms with van der Waals surface area (Å²) in [5.74, 6) is 0.0236. The number of benzene rings is 2. The molecule has 1 fully saturated rings. The molecule has 33 heavy (non-hydrogen) atoms. The summed E-state index contributed by atoms with van der Waals surface area (Å²) in [6.07, 6.45) is 3.79. The molecule has 0 atom stereocenters. The zero-order valence-electron chi connectivity index (χ0n) is 19.3. The predicted octanol–water partition coefficient (Wildman–Crippen LogP) is 4.33. The number of hydrogen-bond acceptors (Lipinski definition) is 4. The van der Waals surface area contributed by atoms with Gasteiger partial charge in [0.25, 0.3) is 5.56 Å². The molecule has 0 bridgehead atoms. The van der Waals surface area contributed by atoms with Gasteiger partial charge in [0.1, 0.15) is 12.1 Å². The van der Waals surface area contributed by atoms with Gasteiger partial charge in [0.2, 0.25) is 5.91 Å². The van der Waals surface area contributed by atoms with Crippen LogP contribution in [0.2, 0.25) is 0 Å². The third-order valence-electron chi connectivity index (χ3n) is 6.58. The van der Waals surface area contributed by atoms with E-state index in [-0.39, 0.29) is 18.0 Å². The first-order valence-electron chi connectivity index (χ1n) is 11.3. The summed E-state index contributed by atoms with van der Waals surface area (Å²) in [7, 11) is 0. The van der Waals surface area contributed by atoms with Gasteiger partial charge in [0.05, 0.1) is 17.6 Å². The molecule has 0 radical (unpaired) electrons. The number of nitrogens with one attached hydrogen (secondary N) is 1. The predicted molar refractivity (Wildman–Crippen MR) is 129 cm³/mol. The van der Waals surface area contributed by atoms with Gasteiger partial charge in [-0.25, -0.2) is 9.36 Å². The molecule has 1 aliphatic rings. The minimum atomic E-state index is -0.318. The normalized spacial score (nSPS) is 13.5. The van der Waals surface area contributed by atoms with E-state index in [0.717, 1.165) is 52.0 Å². The van der Waals surface area contributed by atoms with E-state index in [4.69, 9.17) is 0 Å². The highest BCUT2D eigenvalue weighted by atomic mass is 16.2. The Bertz CT molecular complexity index is 1460. The number of aromatic nitrogens is 4. The number of aryl methyl sites for hydroxylation is 3. The Kier molecular flexibility index (Phi) is 5.12. The van der Waals surface area contributed by atoms with E-state index in [1.807, 2.05) is 57.2 Å². The molecule has 2 aromatic carbocycles. The number of nitrogens with zero attached hydrogens (tertiary/aromatic N) is 4. The fourth-order valence-corrected chi connectivity index (χ4v) is 4.12. The zero-order valence-corrected chi connectivity index (χ0v) is 19.3. The molecule has 1 amide bonds. The molecule has 2 heterocycles. The number of anilines is 1. The Hall–Kier alpha value is -3.74. The van der Waals surface area contributed by atoms with Crippen LogP contribution in [0.3, 0.4) is 0 Å². The number of amides is 1. The summed E-state index contributed by atoms with van der Waals surface area (Å²) >= 11 is 0. The minimum absolute atomic E-state index is 0.153. The van der Waals surface area contributed by atoms with Crippen LogP contribution in [0.25, 0.3) is 16.6 Å². The lowest BCUT2D eigenvalue weighted by Gasteiger charge is -2.13. The van der Waals surface area contributed by atoms with Crippen molar-refractivity contribution in [2.45, 2.75) is 53.0 Å². The number of fused-ring (bicyclic) bond motifs is 1. The maximum Gasteiger partial charge on any atom is 0.293 e. The van der Waals surface area contributed by atoms with E-state index in [1.54, 1.807) is 10.9 Å². The maximum atomic E-state index is 13.5. The van der Waals surface area contributed by atoms with Crippen molar-refractivity contribution in [3.8, 4) is 5.69 Å². The largest absolute Gasteiger partial charge is 0.324 e. The molecule has 1 aliphatic carbocycles. The Morgan fingerprint density at radius 1 is 1.06 bits per heavy atom. The van der Waals surface area contributed by atoms with E-state index in [0.29, 0.717) is 11.4 Å². The van der Waals surface area contributed by atoms with Gasteiger partial charge in [0, 0.05) is 17.0 Å². The molecular weight excluding hydrogens is 414 g/mol. The van der Waals surface area contributed by atoms with E-state index in [1.165, 1.54) is 10.2 Å². The number of rotatable bonds is 5. The lowest BCUT2D eigenvalue weighted by molar-refractivity contribution is -0.117. The third kappa shape index (κ3) is 3.84. The van der Waals surface area contributed by atoms with Crippen LogP contribution in [0.4, 0.5) is 5.69 Å². The first kappa shape index (κ1) is 21.1. The van der Waals surface area contributed by atoms with E-state index in [2.05, 4.69) is 22.4 Å². The summed E-state index contributed by atoms with van der Waals surface area (Å²) in [6.45, 7) is 7.91. The van der Waals surface area contributed by atoms with Crippen molar-refractivity contribution in [1.29, 1.82) is 0 Å². The van der Waals surface area contributed by atoms with E-state index >= 15 is 0 Å². The fraction of sp³-hybridized carbons (Fsp3) is 0.308. The van der Waals surface area contributed by atoms with E-state index < -0.39 is 0 Å². The van der Waals surface area contributed by atoms with Crippen LogP contribution in [0.1, 0.15) is 46.7 Å². The first-order valence-corrected chi connectivity index (χ1v) is 11.3. The molecule has 0 spiro atoms. The highest BCUT2D eigenvalue weighted by Gasteiger charge is 2.30. The molecule has 1 N–H and O–H groups in total. The standard InChI is InChI=1S/C26H27N5O2/c1-15-8-11-20(12-17(15)3)31-25-21(13-27-31)24(19-9-10-19)29-30(26(25)33)14-23(32)28-22-7-5-6-16(2)18(22)4/h5-8,11-13,19H,9-10,14H2,1-4H3,(H,28,32). The Morgan fingerprint density at radius 2 is 1.85 bits per heavy atom. The van der Waals surface area contributed by atoms with Crippen LogP contribution in [0.5, 0.6) is 0 Å². The molecule has 168 valence electrons. The van der Waals surface area contributed by atoms with Crippen molar-refractivity contribution in [1.82, 2.24) is 19.6 Å². The maximum absolute atomic E-state index is 13.5. The molecule has 0 unspecified atom stereocenters. The van der Waals surface area contributed by atoms with Crippen LogP contribution in [0, 0.1) is 27.7 Å². The molecule has 5 rings (SSSR count). The second-order valence-electron chi connectivity index (χ2n) is 9.01. The van der Waals surface area contributed by atoms with Crippen LogP contribution in [0.15, 0.2) is 47.4 Å². The van der Waals surface area contributed by atoms with Gasteiger partial charge in [0.15, 0.2) is 0 Å². The number of carbonyl (C=O) groups is 1. The van der Waals surface area contributed by atoms with Gasteiger partial charge in [-0.2, -0.15) is 10.2 Å². The molecule has 4 aromatic rings. The Balaban J connectivity index is 1.57. The van der Waals surface area contributed by atoms with Crippen LogP contribution in [-0.2, 0) is 11.3 Å². The molecule has 7 heteroatoms. The third-order valence-corrected chi connectivity index (χ3v) is 6.58. The van der Waals surface area contributed by atoms with Gasteiger partial charge in [-0.3, -0.25) is 9.59 Å². The summed E-state index contributed by atoms with van der Waals surface area (Å²) in [4.78, 5) is 26.4. The van der Waals surface area contributed by atoms with E-state index in [9.17, 15) is 9.59 Å². The quantitative estimate of drug-likeness (QED) is 0.500. The lowest BCUT2D eigenvalue weighted by Crippen LogP contribution is -2.31. The topological polar surface area (TPSA) is 81.8 Å². The second kappa shape index (κ2) is 7.99. The fourth-order valence-electron chi connectivity index (χ4n) is 4.12. The molecule has 2 aromatic heterocycles. The lowest BCUT2D eigenvalue weighted by atomic mass is 10.1. The van der Waals surface area contributed by atoms with Crippen molar-refractivity contribution in [2.75, 3.05) is 5.32 Å². The smallest absolute Gasteiger partial charge is 0.293 e. The monoisotopic (exact) mass is 441 g/mol. The second-order valence-corrected chi connectivity index (χ2v) is 9.01. The van der Waals surface area contributed by atoms with Crippen LogP contribution >= 0.6 is 0 Å². The Morgan fingerprint density at radius 3 is 2.58 bits per heavy atom. The zero-order chi connectivity index (χ0) is 23.3. The molecular formula is C26H27N5O2. The average Bonchev–Trinajstić information content (AvgIpc) is 3.53. The van der Waals surface area contributed by atoms with Crippen molar-refractivity contribution in [2.24, 2.45) is 0 Å². The van der Waals surface area contributed by atoms with Crippen LogP contribution in [-0.4, -0.2) is 25.5 Å². The first-order chi connectivity index (χ1) is 15.8. The van der Waals surface area contributed by atoms with Gasteiger partial charge >= 0.3 is 0 Å². The van der Waals surface area contributed by atoms with Crippen molar-refractivity contribution < 1.29 is 4.79 Å². The summed E-state index contributed by atoms with van der Waals surface area (Å²) in [5.41, 5.74) is 6.97. The highest BCUT2D eigenvalue weighted by molar-refractivity contribution is 5.91. The minimum Gasteiger partial charge on any atom is -0.324 e. The molecule has 7 nitrogen and oxygen atoms in total. The van der Waals surface area contributed by atoms with Gasteiger partial charge in [-0.1, -0.05) is 18.2 Å². The average molecular weight is 442 g/mol. The number of carbonyl (C=O) groups excluding carboxylic acids is 1. The summed E-state index contributed by atoms with van der Waals surface area (Å²) in [6, 6.07) is 11.8. The van der Waals surface area contributed by atoms with Crippen molar-refractivity contribution in [3.05, 3.63) is 80.9 Å². The number of hydrogen-bond donors (Lipinski definition) is 1. The molecule has 0 aliphatic heterocycles. The SMILES string of the molecule is Cc1ccc(-n2ncc3c(C4CC4)nn(CC(=O)Nc4cccc(C)c4C)c(=O)c32)cc1C. The van der Waals surface area contributed by atoms with Crippen molar-refractivity contribution in [3.63, 3.8) is 0 Å². The van der Waals surface area contributed by atoms with Gasteiger partial charge in [-0.05, 0) is 81.0 Å². The highest BCUT2D eigenvalue weighted by Crippen LogP contribution is 2.41.